The second-order valence-electron chi connectivity index (χ2n) is 8.42. The van der Waals surface area contributed by atoms with Crippen molar-refractivity contribution >= 4 is 28.8 Å². The largest absolute Gasteiger partial charge is 0.327 e. The van der Waals surface area contributed by atoms with Crippen LogP contribution in [0.5, 0.6) is 0 Å². The molecule has 1 amide bonds. The first-order valence-electron chi connectivity index (χ1n) is 10.5. The number of carbonyl (C=O) groups excluding carboxylic acids is 1. The maximum atomic E-state index is 13.7. The van der Waals surface area contributed by atoms with Crippen molar-refractivity contribution in [3.63, 3.8) is 0 Å². The van der Waals surface area contributed by atoms with Crippen LogP contribution in [0.4, 0.5) is 14.5 Å². The Kier molecular flexibility index (Phi) is 4.97. The first-order valence-corrected chi connectivity index (χ1v) is 10.9. The number of pyridine rings is 1. The molecule has 0 N–H and O–H groups in total. The van der Waals surface area contributed by atoms with Gasteiger partial charge in [-0.25, -0.2) is 13.8 Å². The number of imidazole rings is 1. The van der Waals surface area contributed by atoms with Crippen molar-refractivity contribution in [1.29, 1.82) is 0 Å². The Hall–Kier alpha value is -3.33. The Morgan fingerprint density at radius 2 is 1.79 bits per heavy atom. The summed E-state index contributed by atoms with van der Waals surface area (Å²) in [5, 5.41) is 8.10. The van der Waals surface area contributed by atoms with Crippen molar-refractivity contribution in [1.82, 2.24) is 24.1 Å². The van der Waals surface area contributed by atoms with E-state index >= 15 is 0 Å². The van der Waals surface area contributed by atoms with Gasteiger partial charge in [-0.15, -0.1) is 10.2 Å². The number of alkyl halides is 2. The highest BCUT2D eigenvalue weighted by atomic mass is 35.5. The van der Waals surface area contributed by atoms with Crippen molar-refractivity contribution < 1.29 is 13.6 Å². The molecule has 0 fully saturated rings. The van der Waals surface area contributed by atoms with Gasteiger partial charge in [0.05, 0.1) is 11.4 Å². The van der Waals surface area contributed by atoms with E-state index in [1.807, 2.05) is 37.5 Å². The first-order chi connectivity index (χ1) is 15.7. The highest BCUT2D eigenvalue weighted by Crippen LogP contribution is 2.43. The number of amides is 1. The number of anilines is 1. The van der Waals surface area contributed by atoms with Crippen molar-refractivity contribution in [2.75, 3.05) is 4.90 Å². The van der Waals surface area contributed by atoms with Crippen LogP contribution in [-0.4, -0.2) is 30.1 Å². The Bertz CT molecular complexity index is 1390. The fourth-order valence-electron chi connectivity index (χ4n) is 4.64. The van der Waals surface area contributed by atoms with Crippen LogP contribution in [0.2, 0.25) is 5.02 Å². The number of carbonyl (C=O) groups is 1. The number of halogens is 3. The van der Waals surface area contributed by atoms with E-state index in [9.17, 15) is 13.6 Å². The minimum atomic E-state index is -2.80. The lowest BCUT2D eigenvalue weighted by atomic mass is 10.0. The first kappa shape index (κ1) is 21.5. The van der Waals surface area contributed by atoms with Crippen LogP contribution in [0.3, 0.4) is 0 Å². The molecular weight excluding hydrogens is 450 g/mol. The molecule has 3 aromatic heterocycles. The zero-order valence-electron chi connectivity index (χ0n) is 18.4. The Labute approximate surface area is 193 Å². The monoisotopic (exact) mass is 470 g/mol. The molecule has 0 radical (unpaired) electrons. The molecule has 170 valence electrons. The van der Waals surface area contributed by atoms with Crippen molar-refractivity contribution in [2.24, 2.45) is 0 Å². The van der Waals surface area contributed by atoms with Gasteiger partial charge in [-0.2, -0.15) is 0 Å². The maximum Gasteiger partial charge on any atom is 0.297 e. The minimum absolute atomic E-state index is 0.0660. The highest BCUT2D eigenvalue weighted by molar-refractivity contribution is 6.30. The summed E-state index contributed by atoms with van der Waals surface area (Å²) in [4.78, 5) is 19.9. The van der Waals surface area contributed by atoms with E-state index in [1.54, 1.807) is 30.0 Å². The van der Waals surface area contributed by atoms with Gasteiger partial charge in [0.2, 0.25) is 5.82 Å². The van der Waals surface area contributed by atoms with Crippen LogP contribution in [0.1, 0.15) is 71.3 Å². The Morgan fingerprint density at radius 3 is 2.42 bits per heavy atom. The lowest BCUT2D eigenvalue weighted by Crippen LogP contribution is -2.30. The van der Waals surface area contributed by atoms with Gasteiger partial charge in [0.15, 0.2) is 11.3 Å². The summed E-state index contributed by atoms with van der Waals surface area (Å²) in [6.07, 6.45) is -1.31. The zero-order valence-corrected chi connectivity index (χ0v) is 19.2. The molecule has 0 unspecified atom stereocenters. The molecule has 10 heteroatoms. The molecule has 0 saturated heterocycles. The molecule has 33 heavy (non-hydrogen) atoms. The molecule has 1 aliphatic rings. The summed E-state index contributed by atoms with van der Waals surface area (Å²) < 4.78 is 30.4. The second kappa shape index (κ2) is 7.62. The van der Waals surface area contributed by atoms with Gasteiger partial charge in [-0.1, -0.05) is 23.7 Å². The maximum absolute atomic E-state index is 13.7. The molecular formula is C23H21ClF2N6O. The van der Waals surface area contributed by atoms with Gasteiger partial charge < -0.3 is 4.57 Å². The molecule has 0 spiro atoms. The number of hydrogen-bond donors (Lipinski definition) is 0. The number of benzene rings is 1. The topological polar surface area (TPSA) is 68.3 Å². The molecule has 5 rings (SSSR count). The van der Waals surface area contributed by atoms with Crippen molar-refractivity contribution in [2.45, 2.75) is 46.2 Å². The number of hydrogen-bond acceptors (Lipinski definition) is 4. The number of aryl methyl sites for hydroxylation is 2. The molecule has 1 aromatic carbocycles. The quantitative estimate of drug-likeness (QED) is 0.397. The molecule has 4 aromatic rings. The molecule has 1 aliphatic heterocycles. The number of nitrogens with zero attached hydrogens (tertiary/aromatic N) is 6. The van der Waals surface area contributed by atoms with Crippen LogP contribution < -0.4 is 4.90 Å². The lowest BCUT2D eigenvalue weighted by molar-refractivity contribution is 0.0989. The third-order valence-corrected chi connectivity index (χ3v) is 6.19. The van der Waals surface area contributed by atoms with E-state index in [0.29, 0.717) is 27.6 Å². The molecule has 4 heterocycles. The summed E-state index contributed by atoms with van der Waals surface area (Å²) in [6.45, 7) is 7.69. The van der Waals surface area contributed by atoms with Gasteiger partial charge in [-0.3, -0.25) is 14.1 Å². The second-order valence-corrected chi connectivity index (χ2v) is 8.86. The van der Waals surface area contributed by atoms with Gasteiger partial charge in [0.25, 0.3) is 12.3 Å². The smallest absolute Gasteiger partial charge is 0.297 e. The van der Waals surface area contributed by atoms with Gasteiger partial charge >= 0.3 is 0 Å². The minimum Gasteiger partial charge on any atom is -0.327 e. The molecule has 0 bridgehead atoms. The molecule has 0 saturated carbocycles. The predicted octanol–water partition coefficient (Wildman–Crippen LogP) is 5.46. The molecule has 7 nitrogen and oxygen atoms in total. The standard InChI is InChI=1S/C23H21ClF2N6O/c1-11(2)31-13(4)27-17-19(31)18(14-5-7-15(24)8-6-14)32(23(17)33)16-9-12(3)21-28-29-22(20(25)26)30(21)10-16/h5-11,18,20H,1-4H3/t18-/m0/s1. The van der Waals surface area contributed by atoms with Crippen LogP contribution in [0, 0.1) is 13.8 Å². The average Bonchev–Trinajstić information content (AvgIpc) is 3.40. The van der Waals surface area contributed by atoms with E-state index in [0.717, 1.165) is 17.1 Å². The van der Waals surface area contributed by atoms with Gasteiger partial charge in [-0.05, 0) is 57.0 Å². The SMILES string of the molecule is Cc1cc(N2C(=O)c3nc(C)n(C(C)C)c3[C@@H]2c2ccc(Cl)cc2)cn2c(C(F)F)nnc12. The van der Waals surface area contributed by atoms with E-state index < -0.39 is 18.3 Å². The van der Waals surface area contributed by atoms with E-state index in [-0.39, 0.29) is 11.9 Å². The summed E-state index contributed by atoms with van der Waals surface area (Å²) in [6, 6.07) is 8.59. The average molecular weight is 471 g/mol. The fraction of sp³-hybridized carbons (Fsp3) is 0.304. The van der Waals surface area contributed by atoms with Gasteiger partial charge in [0.1, 0.15) is 11.9 Å². The number of fused-ring (bicyclic) bond motifs is 2. The van der Waals surface area contributed by atoms with Crippen molar-refractivity contribution in [3.8, 4) is 0 Å². The number of aromatic nitrogens is 5. The van der Waals surface area contributed by atoms with E-state index in [2.05, 4.69) is 15.2 Å². The van der Waals surface area contributed by atoms with Crippen LogP contribution in [0.15, 0.2) is 36.5 Å². The van der Waals surface area contributed by atoms with Crippen LogP contribution in [-0.2, 0) is 0 Å². The molecule has 1 atom stereocenters. The normalized spacial score (nSPS) is 16.0. The van der Waals surface area contributed by atoms with Crippen LogP contribution in [0.25, 0.3) is 5.65 Å². The third-order valence-electron chi connectivity index (χ3n) is 5.94. The summed E-state index contributed by atoms with van der Waals surface area (Å²) in [7, 11) is 0. The van der Waals surface area contributed by atoms with Gasteiger partial charge in [0, 0.05) is 17.3 Å². The van der Waals surface area contributed by atoms with E-state index in [1.165, 1.54) is 10.6 Å². The summed E-state index contributed by atoms with van der Waals surface area (Å²) in [5.41, 5.74) is 3.37. The van der Waals surface area contributed by atoms with Crippen LogP contribution >= 0.6 is 11.6 Å². The summed E-state index contributed by atoms with van der Waals surface area (Å²) in [5.74, 6) is -0.0203. The molecule has 0 aliphatic carbocycles. The highest BCUT2D eigenvalue weighted by Gasteiger charge is 2.44. The Balaban J connectivity index is 1.76. The van der Waals surface area contributed by atoms with Crippen molar-refractivity contribution in [3.05, 3.63) is 75.7 Å². The zero-order chi connectivity index (χ0) is 23.6. The Morgan fingerprint density at radius 1 is 1.09 bits per heavy atom. The lowest BCUT2D eigenvalue weighted by Gasteiger charge is -2.28. The fourth-order valence-corrected chi connectivity index (χ4v) is 4.77. The number of rotatable bonds is 4. The third kappa shape index (κ3) is 3.21. The summed E-state index contributed by atoms with van der Waals surface area (Å²) >= 11 is 6.12. The predicted molar refractivity (Wildman–Crippen MR) is 120 cm³/mol. The van der Waals surface area contributed by atoms with E-state index in [4.69, 9.17) is 11.6 Å².